The van der Waals surface area contributed by atoms with Crippen LogP contribution in [0, 0.1) is 11.7 Å². The lowest BCUT2D eigenvalue weighted by Crippen LogP contribution is -2.25. The fourth-order valence-corrected chi connectivity index (χ4v) is 3.41. The van der Waals surface area contributed by atoms with Crippen molar-refractivity contribution in [2.45, 2.75) is 18.9 Å². The fourth-order valence-electron chi connectivity index (χ4n) is 2.58. The first kappa shape index (κ1) is 15.7. The quantitative estimate of drug-likeness (QED) is 0.749. The van der Waals surface area contributed by atoms with Gasteiger partial charge in [-0.1, -0.05) is 44.0 Å². The topological polar surface area (TPSA) is 29.1 Å². The SMILES string of the molecule is O=C(NCc1cc(Br)ccc1F)C1CC1c1cccc(Br)c1. The summed E-state index contributed by atoms with van der Waals surface area (Å²) < 4.78 is 15.5. The number of amides is 1. The Hall–Kier alpha value is -1.20. The molecule has 114 valence electrons. The summed E-state index contributed by atoms with van der Waals surface area (Å²) in [5, 5.41) is 2.83. The van der Waals surface area contributed by atoms with Crippen molar-refractivity contribution < 1.29 is 9.18 Å². The maximum absolute atomic E-state index is 13.6. The zero-order chi connectivity index (χ0) is 15.7. The van der Waals surface area contributed by atoms with E-state index >= 15 is 0 Å². The van der Waals surface area contributed by atoms with Gasteiger partial charge in [-0.3, -0.25) is 4.79 Å². The molecule has 1 aliphatic carbocycles. The summed E-state index contributed by atoms with van der Waals surface area (Å²) in [7, 11) is 0. The number of hydrogen-bond donors (Lipinski definition) is 1. The molecule has 22 heavy (non-hydrogen) atoms. The Labute approximate surface area is 145 Å². The van der Waals surface area contributed by atoms with Gasteiger partial charge in [0.05, 0.1) is 0 Å². The van der Waals surface area contributed by atoms with Crippen LogP contribution in [0.3, 0.4) is 0 Å². The third kappa shape index (κ3) is 3.58. The largest absolute Gasteiger partial charge is 0.352 e. The van der Waals surface area contributed by atoms with Gasteiger partial charge in [0.15, 0.2) is 0 Å². The monoisotopic (exact) mass is 425 g/mol. The molecule has 2 aromatic rings. The molecule has 0 radical (unpaired) electrons. The Bertz CT molecular complexity index is 720. The van der Waals surface area contributed by atoms with Crippen LogP contribution >= 0.6 is 31.9 Å². The lowest BCUT2D eigenvalue weighted by atomic mass is 10.1. The van der Waals surface area contributed by atoms with Crippen LogP contribution in [0.2, 0.25) is 0 Å². The zero-order valence-electron chi connectivity index (χ0n) is 11.7. The van der Waals surface area contributed by atoms with Crippen LogP contribution in [0.15, 0.2) is 51.4 Å². The van der Waals surface area contributed by atoms with Crippen LogP contribution in [-0.2, 0) is 11.3 Å². The highest BCUT2D eigenvalue weighted by Crippen LogP contribution is 2.47. The molecular formula is C17H14Br2FNO. The summed E-state index contributed by atoms with van der Waals surface area (Å²) in [5.74, 6) is -0.0541. The molecule has 1 N–H and O–H groups in total. The summed E-state index contributed by atoms with van der Waals surface area (Å²) in [6, 6.07) is 12.8. The molecule has 3 rings (SSSR count). The highest BCUT2D eigenvalue weighted by Gasteiger charge is 2.43. The molecule has 0 heterocycles. The van der Waals surface area contributed by atoms with Gasteiger partial charge in [0, 0.05) is 27.0 Å². The van der Waals surface area contributed by atoms with E-state index < -0.39 is 0 Å². The van der Waals surface area contributed by atoms with Gasteiger partial charge in [-0.15, -0.1) is 0 Å². The van der Waals surface area contributed by atoms with Gasteiger partial charge >= 0.3 is 0 Å². The average molecular weight is 427 g/mol. The number of nitrogens with one attached hydrogen (secondary N) is 1. The molecule has 0 spiro atoms. The molecule has 1 fully saturated rings. The highest BCUT2D eigenvalue weighted by molar-refractivity contribution is 9.10. The van der Waals surface area contributed by atoms with Crippen molar-refractivity contribution in [3.8, 4) is 0 Å². The first-order valence-electron chi connectivity index (χ1n) is 7.01. The van der Waals surface area contributed by atoms with Crippen molar-refractivity contribution in [3.05, 3.63) is 68.4 Å². The molecular weight excluding hydrogens is 413 g/mol. The molecule has 1 saturated carbocycles. The second-order valence-corrected chi connectivity index (χ2v) is 7.29. The third-order valence-corrected chi connectivity index (χ3v) is 4.85. The Balaban J connectivity index is 1.59. The van der Waals surface area contributed by atoms with Crippen LogP contribution < -0.4 is 5.32 Å². The smallest absolute Gasteiger partial charge is 0.224 e. The second kappa shape index (κ2) is 6.50. The number of carbonyl (C=O) groups excluding carboxylic acids is 1. The molecule has 1 aliphatic rings. The molecule has 2 atom stereocenters. The minimum Gasteiger partial charge on any atom is -0.352 e. The summed E-state index contributed by atoms with van der Waals surface area (Å²) in [4.78, 5) is 12.2. The van der Waals surface area contributed by atoms with Crippen LogP contribution in [0.4, 0.5) is 4.39 Å². The van der Waals surface area contributed by atoms with Crippen LogP contribution in [0.5, 0.6) is 0 Å². The van der Waals surface area contributed by atoms with Gasteiger partial charge in [0.1, 0.15) is 5.82 Å². The van der Waals surface area contributed by atoms with Gasteiger partial charge in [0.2, 0.25) is 5.91 Å². The molecule has 0 saturated heterocycles. The van der Waals surface area contributed by atoms with E-state index in [2.05, 4.69) is 37.2 Å². The minimum atomic E-state index is -0.303. The van der Waals surface area contributed by atoms with E-state index in [0.29, 0.717) is 5.56 Å². The second-order valence-electron chi connectivity index (χ2n) is 5.46. The Kier molecular flexibility index (Phi) is 4.64. The van der Waals surface area contributed by atoms with E-state index in [0.717, 1.165) is 15.4 Å². The predicted molar refractivity (Wildman–Crippen MR) is 90.9 cm³/mol. The van der Waals surface area contributed by atoms with Gasteiger partial charge in [-0.2, -0.15) is 0 Å². The fraction of sp³-hybridized carbons (Fsp3) is 0.235. The molecule has 0 aromatic heterocycles. The Morgan fingerprint density at radius 1 is 1.18 bits per heavy atom. The summed E-state index contributed by atoms with van der Waals surface area (Å²) in [6.07, 6.45) is 0.850. The maximum Gasteiger partial charge on any atom is 0.224 e. The first-order chi connectivity index (χ1) is 10.5. The molecule has 2 unspecified atom stereocenters. The summed E-state index contributed by atoms with van der Waals surface area (Å²) >= 11 is 6.75. The van der Waals surface area contributed by atoms with Crippen molar-refractivity contribution in [2.24, 2.45) is 5.92 Å². The lowest BCUT2D eigenvalue weighted by molar-refractivity contribution is -0.122. The van der Waals surface area contributed by atoms with E-state index in [9.17, 15) is 9.18 Å². The van der Waals surface area contributed by atoms with Gasteiger partial charge in [-0.05, 0) is 48.2 Å². The van der Waals surface area contributed by atoms with Crippen molar-refractivity contribution in [1.82, 2.24) is 5.32 Å². The van der Waals surface area contributed by atoms with Crippen molar-refractivity contribution in [2.75, 3.05) is 0 Å². The number of carbonyl (C=O) groups is 1. The van der Waals surface area contributed by atoms with Crippen LogP contribution in [-0.4, -0.2) is 5.91 Å². The number of halogens is 3. The van der Waals surface area contributed by atoms with Gasteiger partial charge < -0.3 is 5.32 Å². The van der Waals surface area contributed by atoms with Crippen molar-refractivity contribution in [1.29, 1.82) is 0 Å². The lowest BCUT2D eigenvalue weighted by Gasteiger charge is -2.07. The van der Waals surface area contributed by atoms with Crippen LogP contribution in [0.25, 0.3) is 0 Å². The Morgan fingerprint density at radius 2 is 1.95 bits per heavy atom. The maximum atomic E-state index is 13.6. The zero-order valence-corrected chi connectivity index (χ0v) is 14.8. The van der Waals surface area contributed by atoms with E-state index in [4.69, 9.17) is 0 Å². The van der Waals surface area contributed by atoms with Crippen LogP contribution in [0.1, 0.15) is 23.5 Å². The number of benzene rings is 2. The van der Waals surface area contributed by atoms with Crippen molar-refractivity contribution >= 4 is 37.8 Å². The third-order valence-electron chi connectivity index (χ3n) is 3.86. The van der Waals surface area contributed by atoms with Gasteiger partial charge in [0.25, 0.3) is 0 Å². The standard InChI is InChI=1S/C17H14Br2FNO/c18-12-3-1-2-10(6-12)14-8-15(14)17(22)21-9-11-7-13(19)4-5-16(11)20/h1-7,14-15H,8-9H2,(H,21,22). The molecule has 1 amide bonds. The number of hydrogen-bond acceptors (Lipinski definition) is 1. The minimum absolute atomic E-state index is 0.00971. The molecule has 0 bridgehead atoms. The average Bonchev–Trinajstić information content (AvgIpc) is 3.28. The number of rotatable bonds is 4. The normalized spacial score (nSPS) is 19.8. The molecule has 2 aromatic carbocycles. The predicted octanol–water partition coefficient (Wildman–Crippen LogP) is 4.77. The van der Waals surface area contributed by atoms with Gasteiger partial charge in [-0.25, -0.2) is 4.39 Å². The first-order valence-corrected chi connectivity index (χ1v) is 8.60. The van der Waals surface area contributed by atoms with E-state index in [1.807, 2.05) is 24.3 Å². The van der Waals surface area contributed by atoms with E-state index in [-0.39, 0.29) is 30.1 Å². The molecule has 5 heteroatoms. The summed E-state index contributed by atoms with van der Waals surface area (Å²) in [6.45, 7) is 0.214. The van der Waals surface area contributed by atoms with E-state index in [1.165, 1.54) is 11.6 Å². The molecule has 2 nitrogen and oxygen atoms in total. The highest BCUT2D eigenvalue weighted by atomic mass is 79.9. The van der Waals surface area contributed by atoms with Crippen molar-refractivity contribution in [3.63, 3.8) is 0 Å². The molecule has 0 aliphatic heterocycles. The Morgan fingerprint density at radius 3 is 2.73 bits per heavy atom. The summed E-state index contributed by atoms with van der Waals surface area (Å²) in [5.41, 5.74) is 1.66. The van der Waals surface area contributed by atoms with E-state index in [1.54, 1.807) is 12.1 Å².